The number of nitriles is 1. The zero-order chi connectivity index (χ0) is 20.5. The first-order valence-corrected chi connectivity index (χ1v) is 8.82. The molecule has 148 valence electrons. The van der Waals surface area contributed by atoms with Gasteiger partial charge in [0.05, 0.1) is 30.2 Å². The smallest absolute Gasteiger partial charge is 0.408 e. The zero-order valence-electron chi connectivity index (χ0n) is 16.0. The van der Waals surface area contributed by atoms with Crippen molar-refractivity contribution in [3.8, 4) is 6.07 Å². The molecule has 1 amide bonds. The molecule has 0 saturated heterocycles. The number of aromatic nitrogens is 2. The Bertz CT molecular complexity index is 838. The second-order valence-electron chi connectivity index (χ2n) is 6.35. The Morgan fingerprint density at radius 2 is 1.79 bits per heavy atom. The van der Waals surface area contributed by atoms with Crippen molar-refractivity contribution < 1.29 is 20.5 Å². The summed E-state index contributed by atoms with van der Waals surface area (Å²) in [7, 11) is 0. The minimum atomic E-state index is -1.17. The average molecular weight is 384 g/mol. The molecular weight excluding hydrogens is 360 g/mol. The predicted octanol–water partition coefficient (Wildman–Crippen LogP) is 2.94. The number of hydrogen-bond acceptors (Lipinski definition) is 7. The van der Waals surface area contributed by atoms with Crippen molar-refractivity contribution in [2.75, 3.05) is 0 Å². The molecule has 1 N–H and O–H groups in total. The molecule has 1 aromatic carbocycles. The molecule has 0 aliphatic carbocycles. The highest BCUT2D eigenvalue weighted by molar-refractivity contribution is 5.79. The van der Waals surface area contributed by atoms with Crippen molar-refractivity contribution in [3.63, 3.8) is 0 Å². The molecule has 8 nitrogen and oxygen atoms in total. The van der Waals surface area contributed by atoms with E-state index in [1.54, 1.807) is 63.5 Å². The van der Waals surface area contributed by atoms with Crippen LogP contribution in [0.4, 0.5) is 4.79 Å². The number of esters is 1. The molecule has 0 fully saturated rings. The molecule has 0 aliphatic rings. The topological polar surface area (TPSA) is 114 Å². The van der Waals surface area contributed by atoms with Crippen LogP contribution in [0, 0.1) is 11.3 Å². The van der Waals surface area contributed by atoms with Crippen molar-refractivity contribution in [1.29, 1.82) is 5.26 Å². The summed E-state index contributed by atoms with van der Waals surface area (Å²) in [5.74, 6) is -0.301. The van der Waals surface area contributed by atoms with Gasteiger partial charge in [0.25, 0.3) is 0 Å². The number of nitrogens with one attached hydrogen (secondary N) is 1. The van der Waals surface area contributed by atoms with Crippen molar-refractivity contribution in [2.24, 2.45) is 0 Å². The number of alkyl carbamates (subject to hydrolysis) is 1. The first-order valence-electron chi connectivity index (χ1n) is 8.82. The lowest BCUT2D eigenvalue weighted by Crippen LogP contribution is -2.38. The van der Waals surface area contributed by atoms with Crippen molar-refractivity contribution in [1.82, 2.24) is 15.3 Å². The molecule has 0 aliphatic heterocycles. The number of amides is 1. The van der Waals surface area contributed by atoms with Crippen LogP contribution in [0.1, 0.15) is 45.2 Å². The minimum absolute atomic E-state index is 0. The summed E-state index contributed by atoms with van der Waals surface area (Å²) in [6.07, 6.45) is 0.804. The van der Waals surface area contributed by atoms with Crippen molar-refractivity contribution in [2.45, 2.75) is 45.4 Å². The Morgan fingerprint density at radius 3 is 2.36 bits per heavy atom. The molecule has 2 aromatic rings. The number of nitrogens with zero attached hydrogens (tertiary/aromatic N) is 3. The van der Waals surface area contributed by atoms with E-state index in [4.69, 9.17) is 14.7 Å². The van der Waals surface area contributed by atoms with Crippen LogP contribution in [-0.2, 0) is 20.7 Å². The summed E-state index contributed by atoms with van der Waals surface area (Å²) in [6, 6.07) is 10.1. The van der Waals surface area contributed by atoms with E-state index in [9.17, 15) is 9.59 Å². The van der Waals surface area contributed by atoms with E-state index in [0.29, 0.717) is 11.4 Å². The lowest BCUT2D eigenvalue weighted by Gasteiger charge is -2.20. The fourth-order valence-electron chi connectivity index (χ4n) is 2.35. The maximum absolute atomic E-state index is 12.3. The quantitative estimate of drug-likeness (QED) is 0.730. The summed E-state index contributed by atoms with van der Waals surface area (Å²) in [6.45, 7) is 5.19. The Kier molecular flexibility index (Phi) is 7.45. The molecule has 0 bridgehead atoms. The highest BCUT2D eigenvalue weighted by Crippen LogP contribution is 2.14. The van der Waals surface area contributed by atoms with Gasteiger partial charge in [0.2, 0.25) is 6.10 Å². The van der Waals surface area contributed by atoms with E-state index in [0.717, 1.165) is 5.56 Å². The first-order chi connectivity index (χ1) is 13.4. The van der Waals surface area contributed by atoms with Gasteiger partial charge in [0.15, 0.2) is 0 Å². The molecule has 0 radical (unpaired) electrons. The second kappa shape index (κ2) is 10.0. The van der Waals surface area contributed by atoms with E-state index in [1.165, 1.54) is 0 Å². The maximum Gasteiger partial charge on any atom is 0.408 e. The number of rotatable bonds is 7. The number of ether oxygens (including phenoxy) is 2. The van der Waals surface area contributed by atoms with Crippen molar-refractivity contribution >= 4 is 12.1 Å². The molecule has 0 spiro atoms. The highest BCUT2D eigenvalue weighted by atomic mass is 16.6. The van der Waals surface area contributed by atoms with Gasteiger partial charge in [-0.3, -0.25) is 0 Å². The van der Waals surface area contributed by atoms with Gasteiger partial charge in [-0.1, -0.05) is 12.1 Å². The fraction of sp³-hybridized carbons (Fsp3) is 0.350. The van der Waals surface area contributed by atoms with Gasteiger partial charge in [-0.25, -0.2) is 19.6 Å². The normalized spacial score (nSPS) is 12.5. The Labute approximate surface area is 165 Å². The summed E-state index contributed by atoms with van der Waals surface area (Å²) in [4.78, 5) is 32.7. The Hall–Kier alpha value is -3.47. The summed E-state index contributed by atoms with van der Waals surface area (Å²) < 4.78 is 10.5. The van der Waals surface area contributed by atoms with Gasteiger partial charge in [-0.05, 0) is 44.5 Å². The Balaban J connectivity index is 0.00000420. The molecule has 2 atom stereocenters. The van der Waals surface area contributed by atoms with Crippen LogP contribution < -0.4 is 5.32 Å². The standard InChI is InChI=1S/C20H22N4O4.H2/c1-13(2)27-19(25)17(11-18-22-9-4-10-23-18)28-20(26)24-14(3)16-7-5-15(12-21)6-8-16;/h4-10,13-14,17H,11H2,1-3H3,(H,24,26);1H/t14-,17?;/m0./s1. The van der Waals surface area contributed by atoms with Crippen LogP contribution in [0.2, 0.25) is 0 Å². The Morgan fingerprint density at radius 1 is 1.14 bits per heavy atom. The highest BCUT2D eigenvalue weighted by Gasteiger charge is 2.27. The molecule has 0 saturated carbocycles. The minimum Gasteiger partial charge on any atom is -0.460 e. The SMILES string of the molecule is CC(C)OC(=O)C(Cc1ncccn1)OC(=O)N[C@@H](C)c1ccc(C#N)cc1.[HH]. The third kappa shape index (κ3) is 6.36. The fourth-order valence-corrected chi connectivity index (χ4v) is 2.35. The second-order valence-corrected chi connectivity index (χ2v) is 6.35. The maximum atomic E-state index is 12.3. The van der Waals surface area contributed by atoms with Crippen LogP contribution in [0.25, 0.3) is 0 Å². The predicted molar refractivity (Wildman–Crippen MR) is 102 cm³/mol. The molecule has 1 unspecified atom stereocenters. The van der Waals surface area contributed by atoms with Gasteiger partial charge in [0.1, 0.15) is 5.82 Å². The van der Waals surface area contributed by atoms with Crippen LogP contribution in [-0.4, -0.2) is 34.2 Å². The van der Waals surface area contributed by atoms with E-state index >= 15 is 0 Å². The number of carbonyl (C=O) groups excluding carboxylic acids is 2. The molecule has 8 heteroatoms. The van der Waals surface area contributed by atoms with E-state index in [2.05, 4.69) is 15.3 Å². The van der Waals surface area contributed by atoms with Gasteiger partial charge < -0.3 is 14.8 Å². The molecular formula is C20H24N4O4. The average Bonchev–Trinajstić information content (AvgIpc) is 2.67. The monoisotopic (exact) mass is 384 g/mol. The number of hydrogen-bond donors (Lipinski definition) is 1. The van der Waals surface area contributed by atoms with Gasteiger partial charge in [0, 0.05) is 13.8 Å². The lowest BCUT2D eigenvalue weighted by molar-refractivity contribution is -0.157. The van der Waals surface area contributed by atoms with E-state index in [1.807, 2.05) is 6.07 Å². The largest absolute Gasteiger partial charge is 0.460 e. The van der Waals surface area contributed by atoms with Crippen LogP contribution in [0.3, 0.4) is 0 Å². The van der Waals surface area contributed by atoms with Crippen molar-refractivity contribution in [3.05, 3.63) is 59.7 Å². The lowest BCUT2D eigenvalue weighted by atomic mass is 10.1. The summed E-state index contributed by atoms with van der Waals surface area (Å²) in [5, 5.41) is 11.5. The van der Waals surface area contributed by atoms with Crippen LogP contribution in [0.15, 0.2) is 42.7 Å². The molecule has 1 heterocycles. The zero-order valence-corrected chi connectivity index (χ0v) is 16.0. The first kappa shape index (κ1) is 20.8. The summed E-state index contributed by atoms with van der Waals surface area (Å²) in [5.41, 5.74) is 1.32. The van der Waals surface area contributed by atoms with Gasteiger partial charge >= 0.3 is 12.1 Å². The number of benzene rings is 1. The van der Waals surface area contributed by atoms with Crippen LogP contribution in [0.5, 0.6) is 0 Å². The molecule has 28 heavy (non-hydrogen) atoms. The number of carbonyl (C=O) groups is 2. The van der Waals surface area contributed by atoms with E-state index < -0.39 is 18.2 Å². The molecule has 2 rings (SSSR count). The van der Waals surface area contributed by atoms with Gasteiger partial charge in [-0.15, -0.1) is 0 Å². The van der Waals surface area contributed by atoms with Crippen LogP contribution >= 0.6 is 0 Å². The van der Waals surface area contributed by atoms with E-state index in [-0.39, 0.29) is 20.0 Å². The summed E-state index contributed by atoms with van der Waals surface area (Å²) >= 11 is 0. The van der Waals surface area contributed by atoms with Gasteiger partial charge in [-0.2, -0.15) is 5.26 Å². The third-order valence-corrected chi connectivity index (χ3v) is 3.73. The third-order valence-electron chi connectivity index (χ3n) is 3.73. The molecule has 1 aromatic heterocycles.